The van der Waals surface area contributed by atoms with Crippen LogP contribution >= 0.6 is 0 Å². The second-order valence-corrected chi connectivity index (χ2v) is 4.92. The molecule has 3 N–H and O–H groups in total. The Bertz CT molecular complexity index is 539. The van der Waals surface area contributed by atoms with E-state index in [1.54, 1.807) is 4.90 Å². The number of benzene rings is 1. The first-order valence-corrected chi connectivity index (χ1v) is 6.68. The summed E-state index contributed by atoms with van der Waals surface area (Å²) in [7, 11) is 1.35. The highest BCUT2D eigenvalue weighted by Gasteiger charge is 2.24. The number of ether oxygens (including phenoxy) is 1. The zero-order valence-corrected chi connectivity index (χ0v) is 11.9. The van der Waals surface area contributed by atoms with Crippen molar-refractivity contribution in [1.29, 1.82) is 0 Å². The van der Waals surface area contributed by atoms with Gasteiger partial charge in [0, 0.05) is 31.9 Å². The van der Waals surface area contributed by atoms with Gasteiger partial charge in [0.2, 0.25) is 0 Å². The van der Waals surface area contributed by atoms with Gasteiger partial charge in [-0.3, -0.25) is 14.5 Å². The van der Waals surface area contributed by atoms with Crippen molar-refractivity contribution in [2.45, 2.75) is 0 Å². The number of nitrogens with two attached hydrogens (primary N) is 1. The Morgan fingerprint density at radius 1 is 1.29 bits per heavy atom. The number of carbonyl (C=O) groups is 2. The third-order valence-electron chi connectivity index (χ3n) is 3.51. The van der Waals surface area contributed by atoms with Crippen LogP contribution in [-0.2, 0) is 9.53 Å². The second-order valence-electron chi connectivity index (χ2n) is 4.92. The maximum Gasteiger partial charge on any atom is 0.319 e. The fourth-order valence-electron chi connectivity index (χ4n) is 2.26. The van der Waals surface area contributed by atoms with Crippen LogP contribution in [0.15, 0.2) is 18.2 Å². The number of hydrogen-bond acceptors (Lipinski definition) is 6. The fraction of sp³-hybridized carbons (Fsp3) is 0.429. The van der Waals surface area contributed by atoms with Crippen LogP contribution in [0.5, 0.6) is 5.75 Å². The lowest BCUT2D eigenvalue weighted by Crippen LogP contribution is -2.50. The summed E-state index contributed by atoms with van der Waals surface area (Å²) < 4.78 is 4.62. The van der Waals surface area contributed by atoms with Gasteiger partial charge >= 0.3 is 5.97 Å². The molecule has 1 saturated heterocycles. The number of phenols is 1. The van der Waals surface area contributed by atoms with Crippen LogP contribution in [0.4, 0.5) is 5.69 Å². The third-order valence-corrected chi connectivity index (χ3v) is 3.51. The second kappa shape index (κ2) is 6.45. The maximum atomic E-state index is 12.4. The molecule has 0 aromatic heterocycles. The first-order valence-electron chi connectivity index (χ1n) is 6.68. The van der Waals surface area contributed by atoms with Gasteiger partial charge in [-0.15, -0.1) is 0 Å². The number of aromatic hydroxyl groups is 1. The van der Waals surface area contributed by atoms with Crippen LogP contribution in [-0.4, -0.2) is 66.6 Å². The molecule has 1 amide bonds. The van der Waals surface area contributed by atoms with Crippen molar-refractivity contribution < 1.29 is 19.4 Å². The molecule has 1 aromatic rings. The standard InChI is InChI=1S/C14H19N3O4/c1-21-13(19)9-16-4-6-17(7-5-16)14(20)11-8-10(18)2-3-12(11)15/h2-3,8,18H,4-7,9,15H2,1H3. The van der Waals surface area contributed by atoms with Crippen molar-refractivity contribution in [3.63, 3.8) is 0 Å². The molecular formula is C14H19N3O4. The van der Waals surface area contributed by atoms with Crippen LogP contribution in [0.1, 0.15) is 10.4 Å². The molecule has 7 heteroatoms. The molecule has 1 aliphatic rings. The smallest absolute Gasteiger partial charge is 0.319 e. The summed E-state index contributed by atoms with van der Waals surface area (Å²) >= 11 is 0. The SMILES string of the molecule is COC(=O)CN1CCN(C(=O)c2cc(O)ccc2N)CC1. The summed E-state index contributed by atoms with van der Waals surface area (Å²) in [6, 6.07) is 4.33. The van der Waals surface area contributed by atoms with Crippen molar-refractivity contribution in [1.82, 2.24) is 9.80 Å². The minimum absolute atomic E-state index is 0.0110. The fourth-order valence-corrected chi connectivity index (χ4v) is 2.26. The quantitative estimate of drug-likeness (QED) is 0.459. The number of esters is 1. The van der Waals surface area contributed by atoms with Gasteiger partial charge in [-0.25, -0.2) is 0 Å². The molecule has 1 aromatic carbocycles. The monoisotopic (exact) mass is 293 g/mol. The first-order chi connectivity index (χ1) is 10.0. The summed E-state index contributed by atoms with van der Waals surface area (Å²) in [6.45, 7) is 2.43. The minimum atomic E-state index is -0.285. The summed E-state index contributed by atoms with van der Waals surface area (Å²) in [5, 5.41) is 9.47. The normalized spacial score (nSPS) is 15.8. The van der Waals surface area contributed by atoms with E-state index in [9.17, 15) is 14.7 Å². The molecule has 21 heavy (non-hydrogen) atoms. The molecule has 2 rings (SSSR count). The molecule has 0 bridgehead atoms. The Kier molecular flexibility index (Phi) is 4.64. The number of phenolic OH excluding ortho intramolecular Hbond substituents is 1. The number of anilines is 1. The zero-order chi connectivity index (χ0) is 15.4. The molecule has 0 radical (unpaired) electrons. The van der Waals surface area contributed by atoms with Crippen LogP contribution in [0.3, 0.4) is 0 Å². The summed E-state index contributed by atoms with van der Waals surface area (Å²) in [5.74, 6) is -0.481. The van der Waals surface area contributed by atoms with Crippen molar-refractivity contribution in [2.24, 2.45) is 0 Å². The number of carbonyl (C=O) groups excluding carboxylic acids is 2. The van der Waals surface area contributed by atoms with Gasteiger partial charge in [0.15, 0.2) is 0 Å². The number of piperazine rings is 1. The van der Waals surface area contributed by atoms with E-state index >= 15 is 0 Å². The van der Waals surface area contributed by atoms with Gasteiger partial charge in [0.05, 0.1) is 19.2 Å². The van der Waals surface area contributed by atoms with Crippen LogP contribution in [0, 0.1) is 0 Å². The van der Waals surface area contributed by atoms with E-state index in [1.165, 1.54) is 25.3 Å². The van der Waals surface area contributed by atoms with E-state index in [2.05, 4.69) is 4.74 Å². The lowest BCUT2D eigenvalue weighted by atomic mass is 10.1. The maximum absolute atomic E-state index is 12.4. The van der Waals surface area contributed by atoms with Gasteiger partial charge < -0.3 is 20.5 Å². The molecule has 0 aliphatic carbocycles. The zero-order valence-electron chi connectivity index (χ0n) is 11.9. The van der Waals surface area contributed by atoms with Crippen LogP contribution in [0.25, 0.3) is 0 Å². The van der Waals surface area contributed by atoms with Gasteiger partial charge in [0.25, 0.3) is 5.91 Å². The lowest BCUT2D eigenvalue weighted by molar-refractivity contribution is -0.142. The van der Waals surface area contributed by atoms with E-state index in [-0.39, 0.29) is 24.2 Å². The predicted octanol–water partition coefficient (Wildman–Crippen LogP) is -0.0948. The van der Waals surface area contributed by atoms with Crippen molar-refractivity contribution in [2.75, 3.05) is 45.6 Å². The predicted molar refractivity (Wildman–Crippen MR) is 76.9 cm³/mol. The molecule has 1 fully saturated rings. The van der Waals surface area contributed by atoms with E-state index in [4.69, 9.17) is 5.73 Å². The largest absolute Gasteiger partial charge is 0.508 e. The number of amides is 1. The average molecular weight is 293 g/mol. The highest BCUT2D eigenvalue weighted by molar-refractivity contribution is 5.99. The highest BCUT2D eigenvalue weighted by Crippen LogP contribution is 2.20. The first kappa shape index (κ1) is 15.1. The molecule has 7 nitrogen and oxygen atoms in total. The van der Waals surface area contributed by atoms with Gasteiger partial charge in [0.1, 0.15) is 5.75 Å². The Hall–Kier alpha value is -2.28. The van der Waals surface area contributed by atoms with Gasteiger partial charge in [-0.1, -0.05) is 0 Å². The molecular weight excluding hydrogens is 274 g/mol. The Balaban J connectivity index is 1.97. The summed E-state index contributed by atoms with van der Waals surface area (Å²) in [6.07, 6.45) is 0. The number of rotatable bonds is 3. The van der Waals surface area contributed by atoms with Crippen LogP contribution < -0.4 is 5.73 Å². The molecule has 0 unspecified atom stereocenters. The van der Waals surface area contributed by atoms with E-state index in [0.717, 1.165) is 0 Å². The minimum Gasteiger partial charge on any atom is -0.508 e. The Morgan fingerprint density at radius 3 is 2.57 bits per heavy atom. The topological polar surface area (TPSA) is 96.1 Å². The van der Waals surface area contributed by atoms with Crippen molar-refractivity contribution in [3.05, 3.63) is 23.8 Å². The molecule has 1 aliphatic heterocycles. The number of nitrogens with zero attached hydrogens (tertiary/aromatic N) is 2. The highest BCUT2D eigenvalue weighted by atomic mass is 16.5. The number of hydrogen-bond donors (Lipinski definition) is 2. The molecule has 0 saturated carbocycles. The Morgan fingerprint density at radius 2 is 1.95 bits per heavy atom. The molecule has 114 valence electrons. The average Bonchev–Trinajstić information content (AvgIpc) is 2.49. The third kappa shape index (κ3) is 3.63. The summed E-state index contributed by atoms with van der Waals surface area (Å²) in [4.78, 5) is 27.2. The summed E-state index contributed by atoms with van der Waals surface area (Å²) in [5.41, 5.74) is 6.42. The van der Waals surface area contributed by atoms with Crippen molar-refractivity contribution in [3.8, 4) is 5.75 Å². The van der Waals surface area contributed by atoms with Gasteiger partial charge in [-0.2, -0.15) is 0 Å². The van der Waals surface area contributed by atoms with Gasteiger partial charge in [-0.05, 0) is 18.2 Å². The molecule has 0 atom stereocenters. The van der Waals surface area contributed by atoms with E-state index in [0.29, 0.717) is 37.4 Å². The molecule has 0 spiro atoms. The number of methoxy groups -OCH3 is 1. The van der Waals surface area contributed by atoms with E-state index in [1.807, 2.05) is 4.90 Å². The van der Waals surface area contributed by atoms with E-state index < -0.39 is 0 Å². The lowest BCUT2D eigenvalue weighted by Gasteiger charge is -2.34. The van der Waals surface area contributed by atoms with Crippen LogP contribution in [0.2, 0.25) is 0 Å². The Labute approximate surface area is 122 Å². The molecule has 1 heterocycles. The number of nitrogen functional groups attached to an aromatic ring is 1. The van der Waals surface area contributed by atoms with Crippen molar-refractivity contribution >= 4 is 17.6 Å².